The molecule has 4 aliphatic rings. The summed E-state index contributed by atoms with van der Waals surface area (Å²) in [5, 5.41) is 32.2. The molecule has 5 nitrogen and oxygen atoms in total. The highest BCUT2D eigenvalue weighted by Gasteiger charge is 2.69. The normalized spacial score (nSPS) is 56.5. The number of hydrogen-bond acceptors (Lipinski definition) is 5. The number of carbonyl (C=O) groups is 2. The van der Waals surface area contributed by atoms with Crippen molar-refractivity contribution in [3.8, 4) is 0 Å². The summed E-state index contributed by atoms with van der Waals surface area (Å²) < 4.78 is 0. The Morgan fingerprint density at radius 1 is 1.04 bits per heavy atom. The van der Waals surface area contributed by atoms with E-state index in [4.69, 9.17) is 0 Å². The zero-order valence-corrected chi connectivity index (χ0v) is 16.1. The molecule has 0 aromatic rings. The average Bonchev–Trinajstić information content (AvgIpc) is 2.87. The molecular weight excluding hydrogens is 332 g/mol. The van der Waals surface area contributed by atoms with Crippen molar-refractivity contribution in [3.05, 3.63) is 0 Å². The predicted molar refractivity (Wildman–Crippen MR) is 95.1 cm³/mol. The largest absolute Gasteiger partial charge is 0.393 e. The molecule has 4 fully saturated rings. The molecule has 0 heterocycles. The molecule has 146 valence electrons. The van der Waals surface area contributed by atoms with Crippen molar-refractivity contribution >= 4 is 11.6 Å². The highest BCUT2D eigenvalue weighted by atomic mass is 16.3. The van der Waals surface area contributed by atoms with Gasteiger partial charge < -0.3 is 15.3 Å². The van der Waals surface area contributed by atoms with Crippen molar-refractivity contribution in [2.75, 3.05) is 0 Å². The Morgan fingerprint density at radius 3 is 2.35 bits per heavy atom. The minimum absolute atomic E-state index is 0.0151. The van der Waals surface area contributed by atoms with E-state index in [9.17, 15) is 24.9 Å². The Bertz CT molecular complexity index is 646. The highest BCUT2D eigenvalue weighted by Crippen LogP contribution is 2.67. The number of ketones is 2. The van der Waals surface area contributed by atoms with Gasteiger partial charge in [-0.1, -0.05) is 13.8 Å². The molecule has 0 aromatic carbocycles. The SMILES string of the molecule is CC(=O)[C@@]1(O)CC[C@H]2[C@@H]3[C@H](O)C(=O)[C@H]4C[C@H](O)CC[C@]4(C)[C@H]3CC[C@@]21C. The molecule has 26 heavy (non-hydrogen) atoms. The van der Waals surface area contributed by atoms with Gasteiger partial charge >= 0.3 is 0 Å². The molecular formula is C21H32O5. The third-order valence-corrected chi connectivity index (χ3v) is 9.23. The molecule has 4 aliphatic carbocycles. The number of aliphatic hydroxyl groups excluding tert-OH is 2. The van der Waals surface area contributed by atoms with Gasteiger partial charge in [-0.05, 0) is 75.0 Å². The van der Waals surface area contributed by atoms with Crippen LogP contribution >= 0.6 is 0 Å². The van der Waals surface area contributed by atoms with Crippen molar-refractivity contribution in [2.24, 2.45) is 34.5 Å². The van der Waals surface area contributed by atoms with Gasteiger partial charge in [0, 0.05) is 11.3 Å². The number of rotatable bonds is 1. The molecule has 0 radical (unpaired) electrons. The molecule has 0 spiro atoms. The lowest BCUT2D eigenvalue weighted by molar-refractivity contribution is -0.195. The van der Waals surface area contributed by atoms with Gasteiger partial charge in [-0.15, -0.1) is 0 Å². The fourth-order valence-corrected chi connectivity index (χ4v) is 7.59. The first-order chi connectivity index (χ1) is 12.1. The summed E-state index contributed by atoms with van der Waals surface area (Å²) in [4.78, 5) is 25.3. The summed E-state index contributed by atoms with van der Waals surface area (Å²) in [5.41, 5.74) is -2.11. The van der Waals surface area contributed by atoms with Crippen LogP contribution in [0.1, 0.15) is 65.7 Å². The Hall–Kier alpha value is -0.780. The minimum Gasteiger partial charge on any atom is -0.393 e. The number of fused-ring (bicyclic) bond motifs is 5. The summed E-state index contributed by atoms with van der Waals surface area (Å²) in [6.07, 6.45) is 3.15. The molecule has 0 saturated heterocycles. The Morgan fingerprint density at radius 2 is 1.69 bits per heavy atom. The summed E-state index contributed by atoms with van der Waals surface area (Å²) in [6, 6.07) is 0. The fourth-order valence-electron chi connectivity index (χ4n) is 7.59. The van der Waals surface area contributed by atoms with Crippen LogP contribution in [-0.2, 0) is 9.59 Å². The second-order valence-electron chi connectivity index (χ2n) is 10.0. The maximum atomic E-state index is 13.1. The van der Waals surface area contributed by atoms with Crippen LogP contribution in [0, 0.1) is 34.5 Å². The van der Waals surface area contributed by atoms with Crippen molar-refractivity contribution in [1.82, 2.24) is 0 Å². The number of hydrogen-bond donors (Lipinski definition) is 3. The van der Waals surface area contributed by atoms with E-state index >= 15 is 0 Å². The van der Waals surface area contributed by atoms with E-state index in [-0.39, 0.29) is 40.7 Å². The number of aliphatic hydroxyl groups is 3. The maximum Gasteiger partial charge on any atom is 0.165 e. The molecule has 4 rings (SSSR count). The predicted octanol–water partition coefficient (Wildman–Crippen LogP) is 1.86. The van der Waals surface area contributed by atoms with E-state index < -0.39 is 23.2 Å². The third kappa shape index (κ3) is 2.08. The van der Waals surface area contributed by atoms with Gasteiger partial charge in [-0.25, -0.2) is 0 Å². The molecule has 0 aliphatic heterocycles. The van der Waals surface area contributed by atoms with Gasteiger partial charge in [-0.3, -0.25) is 9.59 Å². The van der Waals surface area contributed by atoms with E-state index in [2.05, 4.69) is 6.92 Å². The molecule has 0 bridgehead atoms. The van der Waals surface area contributed by atoms with Crippen LogP contribution in [0.3, 0.4) is 0 Å². The van der Waals surface area contributed by atoms with E-state index in [1.54, 1.807) is 0 Å². The summed E-state index contributed by atoms with van der Waals surface area (Å²) in [5.74, 6) is -0.595. The molecule has 3 N–H and O–H groups in total. The minimum atomic E-state index is -1.34. The highest BCUT2D eigenvalue weighted by molar-refractivity contribution is 5.88. The molecule has 4 saturated carbocycles. The van der Waals surface area contributed by atoms with Crippen LogP contribution in [0.15, 0.2) is 0 Å². The number of Topliss-reactive ketones (excluding diaryl/α,β-unsaturated/α-hetero) is 2. The molecule has 0 amide bonds. The molecule has 0 unspecified atom stereocenters. The lowest BCUT2D eigenvalue weighted by atomic mass is 9.43. The van der Waals surface area contributed by atoms with Crippen molar-refractivity contribution in [3.63, 3.8) is 0 Å². The second-order valence-corrected chi connectivity index (χ2v) is 10.0. The van der Waals surface area contributed by atoms with Gasteiger partial charge in [0.05, 0.1) is 6.10 Å². The van der Waals surface area contributed by atoms with Gasteiger partial charge in [-0.2, -0.15) is 0 Å². The van der Waals surface area contributed by atoms with E-state index in [0.717, 1.165) is 19.3 Å². The molecule has 5 heteroatoms. The zero-order valence-electron chi connectivity index (χ0n) is 16.1. The Labute approximate surface area is 155 Å². The topological polar surface area (TPSA) is 94.8 Å². The van der Waals surface area contributed by atoms with Crippen molar-refractivity contribution in [2.45, 2.75) is 83.5 Å². The maximum absolute atomic E-state index is 13.1. The Balaban J connectivity index is 1.74. The lowest BCUT2D eigenvalue weighted by Gasteiger charge is -2.61. The third-order valence-electron chi connectivity index (χ3n) is 9.23. The lowest BCUT2D eigenvalue weighted by Crippen LogP contribution is -2.64. The van der Waals surface area contributed by atoms with Crippen LogP contribution in [0.25, 0.3) is 0 Å². The first-order valence-corrected chi connectivity index (χ1v) is 10.2. The monoisotopic (exact) mass is 364 g/mol. The van der Waals surface area contributed by atoms with Crippen LogP contribution in [-0.4, -0.2) is 44.7 Å². The fraction of sp³-hybridized carbons (Fsp3) is 0.905. The van der Waals surface area contributed by atoms with Crippen molar-refractivity contribution < 1.29 is 24.9 Å². The van der Waals surface area contributed by atoms with E-state index in [0.29, 0.717) is 25.7 Å². The van der Waals surface area contributed by atoms with E-state index in [1.165, 1.54) is 6.92 Å². The standard InChI is InChI=1S/C21H32O5/c1-11(22)21(26)9-6-14-16-13(5-8-20(14,21)3)19(2)7-4-12(23)10-15(19)17(24)18(16)25/h12-16,18,23,25-26H,4-10H2,1-3H3/t12-,13+,14+,15-,16-,18+,19-,20+,21+/m1/s1. The van der Waals surface area contributed by atoms with Gasteiger partial charge in [0.2, 0.25) is 0 Å². The smallest absolute Gasteiger partial charge is 0.165 e. The Kier molecular flexibility index (Phi) is 4.01. The average molecular weight is 364 g/mol. The second kappa shape index (κ2) is 5.62. The van der Waals surface area contributed by atoms with Crippen LogP contribution in [0.2, 0.25) is 0 Å². The van der Waals surface area contributed by atoms with Gasteiger partial charge in [0.25, 0.3) is 0 Å². The molecule has 0 aromatic heterocycles. The van der Waals surface area contributed by atoms with Crippen LogP contribution in [0.5, 0.6) is 0 Å². The number of carbonyl (C=O) groups excluding carboxylic acids is 2. The van der Waals surface area contributed by atoms with Crippen molar-refractivity contribution in [1.29, 1.82) is 0 Å². The van der Waals surface area contributed by atoms with Crippen LogP contribution in [0.4, 0.5) is 0 Å². The summed E-state index contributed by atoms with van der Waals surface area (Å²) >= 11 is 0. The van der Waals surface area contributed by atoms with E-state index in [1.807, 2.05) is 6.92 Å². The first-order valence-electron chi connectivity index (χ1n) is 10.2. The zero-order chi connectivity index (χ0) is 19.1. The van der Waals surface area contributed by atoms with Gasteiger partial charge in [0.1, 0.15) is 11.7 Å². The first kappa shape index (κ1) is 18.6. The summed E-state index contributed by atoms with van der Waals surface area (Å²) in [7, 11) is 0. The molecule has 9 atom stereocenters. The summed E-state index contributed by atoms with van der Waals surface area (Å²) in [6.45, 7) is 5.61. The van der Waals surface area contributed by atoms with Crippen LogP contribution < -0.4 is 0 Å². The quantitative estimate of drug-likeness (QED) is 0.660. The van der Waals surface area contributed by atoms with Gasteiger partial charge in [0.15, 0.2) is 11.6 Å².